The lowest BCUT2D eigenvalue weighted by molar-refractivity contribution is -0.137. The van der Waals surface area contributed by atoms with Gasteiger partial charge in [-0.2, -0.15) is 4.31 Å². The van der Waals surface area contributed by atoms with Crippen molar-refractivity contribution in [3.05, 3.63) is 80.9 Å². The number of sulfonamides is 1. The van der Waals surface area contributed by atoms with Crippen molar-refractivity contribution in [2.45, 2.75) is 69.4 Å². The molecule has 11 heteroatoms. The van der Waals surface area contributed by atoms with Gasteiger partial charge < -0.3 is 9.84 Å². The average molecular weight is 609 g/mol. The minimum Gasteiger partial charge on any atom is -0.486 e. The maximum atomic E-state index is 14.0. The van der Waals surface area contributed by atoms with Crippen molar-refractivity contribution in [2.24, 2.45) is 7.05 Å². The summed E-state index contributed by atoms with van der Waals surface area (Å²) in [5, 5.41) is 18.7. The molecule has 1 aliphatic heterocycles. The number of nitrogens with zero attached hydrogens (tertiary/aromatic N) is 4. The lowest BCUT2D eigenvalue weighted by atomic mass is 9.83. The summed E-state index contributed by atoms with van der Waals surface area (Å²) in [4.78, 5) is 12.2. The smallest absolute Gasteiger partial charge is 0.304 e. The number of carboxylic acids is 1. The largest absolute Gasteiger partial charge is 0.486 e. The zero-order chi connectivity index (χ0) is 29.8. The Balaban J connectivity index is 1.46. The lowest BCUT2D eigenvalue weighted by Crippen LogP contribution is -2.36. The van der Waals surface area contributed by atoms with Crippen molar-refractivity contribution in [1.82, 2.24) is 19.3 Å². The molecular formula is C31H33ClN4O5S. The Labute approximate surface area is 250 Å². The zero-order valence-electron chi connectivity index (χ0n) is 23.8. The summed E-state index contributed by atoms with van der Waals surface area (Å²) in [6.07, 6.45) is 2.82. The molecule has 1 aliphatic carbocycles. The first kappa shape index (κ1) is 28.6. The summed E-state index contributed by atoms with van der Waals surface area (Å²) in [5.41, 5.74) is 7.43. The Kier molecular flexibility index (Phi) is 7.49. The van der Waals surface area contributed by atoms with Gasteiger partial charge in [0.05, 0.1) is 23.5 Å². The van der Waals surface area contributed by atoms with E-state index in [0.29, 0.717) is 6.42 Å². The summed E-state index contributed by atoms with van der Waals surface area (Å²) in [7, 11) is -2.09. The van der Waals surface area contributed by atoms with E-state index in [-0.39, 0.29) is 41.3 Å². The maximum Gasteiger partial charge on any atom is 0.304 e. The van der Waals surface area contributed by atoms with E-state index < -0.39 is 21.9 Å². The van der Waals surface area contributed by atoms with E-state index in [9.17, 15) is 18.3 Å². The van der Waals surface area contributed by atoms with Crippen LogP contribution in [0.3, 0.4) is 0 Å². The third-order valence-electron chi connectivity index (χ3n) is 8.61. The van der Waals surface area contributed by atoms with Crippen LogP contribution in [0.4, 0.5) is 0 Å². The fraction of sp³-hybridized carbons (Fsp3) is 0.387. The molecule has 42 heavy (non-hydrogen) atoms. The van der Waals surface area contributed by atoms with Gasteiger partial charge >= 0.3 is 5.97 Å². The van der Waals surface area contributed by atoms with Gasteiger partial charge in [-0.25, -0.2) is 13.1 Å². The highest BCUT2D eigenvalue weighted by molar-refractivity contribution is 7.89. The lowest BCUT2D eigenvalue weighted by Gasteiger charge is -2.25. The molecule has 2 heterocycles. The van der Waals surface area contributed by atoms with Crippen LogP contribution in [0.25, 0.3) is 11.0 Å². The minimum atomic E-state index is -3.92. The van der Waals surface area contributed by atoms with Gasteiger partial charge in [0.1, 0.15) is 16.5 Å². The molecule has 0 saturated carbocycles. The molecule has 0 bridgehead atoms. The van der Waals surface area contributed by atoms with E-state index in [0.717, 1.165) is 63.7 Å². The van der Waals surface area contributed by atoms with Crippen LogP contribution < -0.4 is 4.74 Å². The van der Waals surface area contributed by atoms with Gasteiger partial charge in [-0.15, -0.1) is 5.10 Å². The Hall–Kier alpha value is -3.47. The van der Waals surface area contributed by atoms with Crippen molar-refractivity contribution in [3.63, 3.8) is 0 Å². The first-order valence-corrected chi connectivity index (χ1v) is 16.0. The van der Waals surface area contributed by atoms with Gasteiger partial charge in [-0.05, 0) is 84.2 Å². The Bertz CT molecular complexity index is 1820. The standard InChI is InChI=1S/C31H33ClN4O5S/c1-4-22-17-36(42(39,40)28-10-6-9-26(32)31(28)41-22)16-21-14-20(13-19-7-5-8-24(19)21)25(15-29(37)38)23-11-12-27-30(18(23)2)33-34-35(27)3/h6,9-14,22,25H,4-5,7-8,15-17H2,1-3H3,(H,37,38)/t22-,25?/m1/s1. The van der Waals surface area contributed by atoms with E-state index in [2.05, 4.69) is 16.4 Å². The molecule has 1 unspecified atom stereocenters. The molecule has 4 aromatic rings. The van der Waals surface area contributed by atoms with Crippen LogP contribution in [0, 0.1) is 6.92 Å². The topological polar surface area (TPSA) is 115 Å². The fourth-order valence-electron chi connectivity index (χ4n) is 6.40. The second-order valence-electron chi connectivity index (χ2n) is 11.2. The molecule has 0 radical (unpaired) electrons. The molecular weight excluding hydrogens is 576 g/mol. The Morgan fingerprint density at radius 1 is 1.21 bits per heavy atom. The van der Waals surface area contributed by atoms with Crippen LogP contribution in [0.2, 0.25) is 5.02 Å². The third kappa shape index (κ3) is 4.95. The molecule has 0 saturated heterocycles. The number of halogens is 1. The first-order valence-electron chi connectivity index (χ1n) is 14.2. The van der Waals surface area contributed by atoms with Crippen LogP contribution in [0.15, 0.2) is 47.4 Å². The summed E-state index contributed by atoms with van der Waals surface area (Å²) in [6, 6.07) is 12.8. The second-order valence-corrected chi connectivity index (χ2v) is 13.5. The van der Waals surface area contributed by atoms with Gasteiger partial charge in [0, 0.05) is 19.5 Å². The van der Waals surface area contributed by atoms with Crippen molar-refractivity contribution in [1.29, 1.82) is 0 Å². The zero-order valence-corrected chi connectivity index (χ0v) is 25.4. The van der Waals surface area contributed by atoms with Crippen LogP contribution >= 0.6 is 11.6 Å². The summed E-state index contributed by atoms with van der Waals surface area (Å²) >= 11 is 6.39. The molecule has 3 aromatic carbocycles. The molecule has 2 atom stereocenters. The molecule has 1 aromatic heterocycles. The van der Waals surface area contributed by atoms with Crippen LogP contribution in [-0.2, 0) is 41.3 Å². The summed E-state index contributed by atoms with van der Waals surface area (Å²) in [5.74, 6) is -1.15. The first-order chi connectivity index (χ1) is 20.1. The van der Waals surface area contributed by atoms with Crippen LogP contribution in [0.1, 0.15) is 65.5 Å². The van der Waals surface area contributed by atoms with Crippen molar-refractivity contribution >= 4 is 38.6 Å². The molecule has 1 N–H and O–H groups in total. The van der Waals surface area contributed by atoms with Gasteiger partial charge in [0.2, 0.25) is 10.0 Å². The summed E-state index contributed by atoms with van der Waals surface area (Å²) in [6.45, 7) is 4.26. The predicted octanol–water partition coefficient (Wildman–Crippen LogP) is 5.39. The number of carbonyl (C=O) groups is 1. The molecule has 0 fully saturated rings. The molecule has 0 amide bonds. The number of benzene rings is 3. The maximum absolute atomic E-state index is 14.0. The minimum absolute atomic E-state index is 0.0652. The number of carboxylic acid groups (broad SMARTS) is 1. The number of aromatic nitrogens is 3. The van der Waals surface area contributed by atoms with Crippen molar-refractivity contribution in [2.75, 3.05) is 6.54 Å². The molecule has 220 valence electrons. The van der Waals surface area contributed by atoms with Gasteiger partial charge in [-0.1, -0.05) is 48.0 Å². The average Bonchev–Trinajstić information content (AvgIpc) is 3.56. The van der Waals surface area contributed by atoms with E-state index >= 15 is 0 Å². The van der Waals surface area contributed by atoms with E-state index in [1.165, 1.54) is 10.4 Å². The number of hydrogen-bond donors (Lipinski definition) is 1. The highest BCUT2D eigenvalue weighted by Crippen LogP contribution is 2.40. The normalized spacial score (nSPS) is 18.7. The van der Waals surface area contributed by atoms with E-state index in [1.54, 1.807) is 16.8 Å². The fourth-order valence-corrected chi connectivity index (χ4v) is 8.27. The Morgan fingerprint density at radius 3 is 2.79 bits per heavy atom. The quantitative estimate of drug-likeness (QED) is 0.299. The van der Waals surface area contributed by atoms with Gasteiger partial charge in [-0.3, -0.25) is 4.79 Å². The van der Waals surface area contributed by atoms with Crippen LogP contribution in [0.5, 0.6) is 5.75 Å². The van der Waals surface area contributed by atoms with Gasteiger partial charge in [0.15, 0.2) is 5.75 Å². The molecule has 0 spiro atoms. The van der Waals surface area contributed by atoms with Crippen molar-refractivity contribution < 1.29 is 23.1 Å². The number of aryl methyl sites for hydroxylation is 3. The van der Waals surface area contributed by atoms with Crippen LogP contribution in [-0.4, -0.2) is 51.4 Å². The second kappa shape index (κ2) is 11.0. The number of hydrogen-bond acceptors (Lipinski definition) is 6. The SMILES string of the molecule is CC[C@@H]1CN(Cc2cc(C(CC(=O)O)c3ccc4c(nnn4C)c3C)cc3c2CCC3)S(=O)(=O)c2cccc(Cl)c2O1. The highest BCUT2D eigenvalue weighted by atomic mass is 35.5. The Morgan fingerprint density at radius 2 is 2.02 bits per heavy atom. The third-order valence-corrected chi connectivity index (χ3v) is 10.7. The number of para-hydroxylation sites is 1. The van der Waals surface area contributed by atoms with E-state index in [1.807, 2.05) is 39.1 Å². The number of aliphatic carboxylic acids is 1. The van der Waals surface area contributed by atoms with E-state index in [4.69, 9.17) is 16.3 Å². The highest BCUT2D eigenvalue weighted by Gasteiger charge is 2.36. The summed E-state index contributed by atoms with van der Waals surface area (Å²) < 4.78 is 37.3. The number of fused-ring (bicyclic) bond motifs is 3. The predicted molar refractivity (Wildman–Crippen MR) is 160 cm³/mol. The van der Waals surface area contributed by atoms with Crippen molar-refractivity contribution in [3.8, 4) is 5.75 Å². The molecule has 2 aliphatic rings. The molecule has 6 rings (SSSR count). The number of rotatable bonds is 7. The number of ether oxygens (including phenoxy) is 1. The molecule has 9 nitrogen and oxygen atoms in total. The van der Waals surface area contributed by atoms with Gasteiger partial charge in [0.25, 0.3) is 0 Å². The monoisotopic (exact) mass is 608 g/mol.